The van der Waals surface area contributed by atoms with Gasteiger partial charge in [0.25, 0.3) is 5.91 Å². The highest BCUT2D eigenvalue weighted by molar-refractivity contribution is 7.91. The summed E-state index contributed by atoms with van der Waals surface area (Å²) in [6.07, 6.45) is -1.12. The van der Waals surface area contributed by atoms with E-state index in [1.54, 1.807) is 19.1 Å². The molecule has 0 saturated carbocycles. The van der Waals surface area contributed by atoms with Gasteiger partial charge in [-0.25, -0.2) is 13.2 Å². The Kier molecular flexibility index (Phi) is 4.76. The first-order chi connectivity index (χ1) is 12.2. The van der Waals surface area contributed by atoms with E-state index in [0.29, 0.717) is 16.9 Å². The van der Waals surface area contributed by atoms with Gasteiger partial charge in [0, 0.05) is 17.0 Å². The molecule has 0 spiro atoms. The third kappa shape index (κ3) is 3.73. The average Bonchev–Trinajstić information content (AvgIpc) is 2.82. The van der Waals surface area contributed by atoms with Gasteiger partial charge in [-0.1, -0.05) is 0 Å². The number of aryl methyl sites for hydroxylation is 1. The first-order valence-corrected chi connectivity index (χ1v) is 9.83. The molecule has 0 radical (unpaired) electrons. The van der Waals surface area contributed by atoms with Crippen molar-refractivity contribution in [3.05, 3.63) is 39.7 Å². The minimum Gasteiger partial charge on any atom is -0.484 e. The van der Waals surface area contributed by atoms with Crippen LogP contribution in [0, 0.1) is 13.8 Å². The number of hydrogen-bond donors (Lipinski definition) is 2. The first-order valence-electron chi connectivity index (χ1n) is 8.01. The van der Waals surface area contributed by atoms with Crippen LogP contribution in [0.3, 0.4) is 0 Å². The Hall–Kier alpha value is -2.39. The zero-order valence-electron chi connectivity index (χ0n) is 14.3. The number of rotatable bonds is 4. The summed E-state index contributed by atoms with van der Waals surface area (Å²) in [6.45, 7) is 3.15. The zero-order valence-corrected chi connectivity index (χ0v) is 15.1. The van der Waals surface area contributed by atoms with Gasteiger partial charge in [-0.05, 0) is 31.5 Å². The molecule has 9 heteroatoms. The number of sulfone groups is 1. The molecule has 1 aromatic heterocycles. The molecule has 0 unspecified atom stereocenters. The summed E-state index contributed by atoms with van der Waals surface area (Å²) in [4.78, 5) is 23.7. The average molecular weight is 381 g/mol. The highest BCUT2D eigenvalue weighted by Gasteiger charge is 2.37. The van der Waals surface area contributed by atoms with Crippen molar-refractivity contribution in [1.29, 1.82) is 0 Å². The summed E-state index contributed by atoms with van der Waals surface area (Å²) in [5.41, 5.74) is 1.28. The van der Waals surface area contributed by atoms with Crippen molar-refractivity contribution in [2.45, 2.75) is 26.0 Å². The summed E-state index contributed by atoms with van der Waals surface area (Å²) in [6, 6.07) is 4.07. The van der Waals surface area contributed by atoms with Gasteiger partial charge in [-0.3, -0.25) is 4.79 Å². The summed E-state index contributed by atoms with van der Waals surface area (Å²) < 4.78 is 33.5. The molecular weight excluding hydrogens is 362 g/mol. The van der Waals surface area contributed by atoms with Crippen LogP contribution in [0.25, 0.3) is 11.0 Å². The van der Waals surface area contributed by atoms with Gasteiger partial charge in [0.2, 0.25) is 0 Å². The fourth-order valence-electron chi connectivity index (χ4n) is 2.88. The summed E-state index contributed by atoms with van der Waals surface area (Å²) in [5.74, 6) is -0.868. The van der Waals surface area contributed by atoms with Gasteiger partial charge in [0.05, 0.1) is 23.7 Å². The Morgan fingerprint density at radius 1 is 1.31 bits per heavy atom. The van der Waals surface area contributed by atoms with Crippen LogP contribution in [0.5, 0.6) is 5.75 Å². The minimum absolute atomic E-state index is 0.292. The van der Waals surface area contributed by atoms with Gasteiger partial charge >= 0.3 is 5.63 Å². The lowest BCUT2D eigenvalue weighted by atomic mass is 10.1. The quantitative estimate of drug-likeness (QED) is 0.718. The Morgan fingerprint density at radius 3 is 2.69 bits per heavy atom. The maximum absolute atomic E-state index is 11.9. The van der Waals surface area contributed by atoms with E-state index in [0.717, 1.165) is 10.9 Å². The van der Waals surface area contributed by atoms with E-state index in [9.17, 15) is 23.1 Å². The van der Waals surface area contributed by atoms with Crippen molar-refractivity contribution in [2.75, 3.05) is 18.1 Å². The minimum atomic E-state index is -3.34. The molecule has 0 bridgehead atoms. The van der Waals surface area contributed by atoms with Crippen LogP contribution < -0.4 is 15.7 Å². The SMILES string of the molecule is Cc1c(C)c2ccc(OCC(=O)N[C@H]3CS(=O)(=O)C[C@H]3O)cc2oc1=O. The largest absolute Gasteiger partial charge is 0.484 e. The Morgan fingerprint density at radius 2 is 2.04 bits per heavy atom. The second-order valence-electron chi connectivity index (χ2n) is 6.40. The van der Waals surface area contributed by atoms with E-state index in [4.69, 9.17) is 9.15 Å². The predicted molar refractivity (Wildman–Crippen MR) is 94.0 cm³/mol. The molecule has 1 amide bonds. The molecule has 2 aromatic rings. The van der Waals surface area contributed by atoms with Crippen LogP contribution in [0.1, 0.15) is 11.1 Å². The van der Waals surface area contributed by atoms with Gasteiger partial charge in [0.15, 0.2) is 16.4 Å². The van der Waals surface area contributed by atoms with E-state index in [-0.39, 0.29) is 18.1 Å². The van der Waals surface area contributed by atoms with E-state index < -0.39 is 33.5 Å². The second-order valence-corrected chi connectivity index (χ2v) is 8.56. The second kappa shape index (κ2) is 6.73. The number of carbonyl (C=O) groups is 1. The Bertz CT molecular complexity index is 1030. The van der Waals surface area contributed by atoms with Crippen molar-refractivity contribution >= 4 is 26.7 Å². The number of carbonyl (C=O) groups excluding carboxylic acids is 1. The molecule has 1 saturated heterocycles. The van der Waals surface area contributed by atoms with E-state index in [1.807, 2.05) is 6.92 Å². The molecule has 26 heavy (non-hydrogen) atoms. The number of amides is 1. The van der Waals surface area contributed by atoms with Gasteiger partial charge in [-0.15, -0.1) is 0 Å². The third-order valence-corrected chi connectivity index (χ3v) is 6.18. The van der Waals surface area contributed by atoms with Crippen molar-refractivity contribution in [1.82, 2.24) is 5.32 Å². The van der Waals surface area contributed by atoms with E-state index >= 15 is 0 Å². The summed E-state index contributed by atoms with van der Waals surface area (Å²) >= 11 is 0. The molecule has 140 valence electrons. The number of aliphatic hydroxyl groups is 1. The predicted octanol–water partition coefficient (Wildman–Crippen LogP) is 0.0627. The van der Waals surface area contributed by atoms with Gasteiger partial charge < -0.3 is 19.6 Å². The molecule has 0 aliphatic carbocycles. The number of hydrogen-bond acceptors (Lipinski definition) is 7. The molecule has 2 N–H and O–H groups in total. The van der Waals surface area contributed by atoms with Crippen LogP contribution in [-0.4, -0.2) is 49.7 Å². The summed E-state index contributed by atoms with van der Waals surface area (Å²) in [7, 11) is -3.34. The van der Waals surface area contributed by atoms with E-state index in [1.165, 1.54) is 6.07 Å². The lowest BCUT2D eigenvalue weighted by molar-refractivity contribution is -0.124. The first kappa shape index (κ1) is 18.4. The Labute approximate surface area is 149 Å². The van der Waals surface area contributed by atoms with Crippen LogP contribution in [0.4, 0.5) is 0 Å². The maximum Gasteiger partial charge on any atom is 0.339 e. The topological polar surface area (TPSA) is 123 Å². The van der Waals surface area contributed by atoms with Crippen LogP contribution >= 0.6 is 0 Å². The molecule has 3 rings (SSSR count). The molecule has 1 fully saturated rings. The fraction of sp³-hybridized carbons (Fsp3) is 0.412. The van der Waals surface area contributed by atoms with Crippen LogP contribution in [0.15, 0.2) is 27.4 Å². The molecule has 2 atom stereocenters. The number of benzene rings is 1. The summed E-state index contributed by atoms with van der Waals surface area (Å²) in [5, 5.41) is 12.9. The molecule has 1 aromatic carbocycles. The molecular formula is C17H19NO7S. The smallest absolute Gasteiger partial charge is 0.339 e. The lowest BCUT2D eigenvalue weighted by Gasteiger charge is -2.15. The molecule has 1 aliphatic rings. The van der Waals surface area contributed by atoms with E-state index in [2.05, 4.69) is 5.32 Å². The number of ether oxygens (including phenoxy) is 1. The number of nitrogens with one attached hydrogen (secondary N) is 1. The van der Waals surface area contributed by atoms with Gasteiger partial charge in [0.1, 0.15) is 11.3 Å². The standard InChI is InChI=1S/C17H19NO7S/c1-9-10(2)17(21)25-15-5-11(3-4-12(9)15)24-6-16(20)18-13-7-26(22,23)8-14(13)19/h3-5,13-14,19H,6-8H2,1-2H3,(H,18,20)/t13-,14+/m0/s1. The lowest BCUT2D eigenvalue weighted by Crippen LogP contribution is -2.44. The molecule has 8 nitrogen and oxygen atoms in total. The fourth-order valence-corrected chi connectivity index (χ4v) is 4.62. The highest BCUT2D eigenvalue weighted by Crippen LogP contribution is 2.23. The van der Waals surface area contributed by atoms with Crippen LogP contribution in [-0.2, 0) is 14.6 Å². The number of aliphatic hydroxyl groups excluding tert-OH is 1. The van der Waals surface area contributed by atoms with Crippen LogP contribution in [0.2, 0.25) is 0 Å². The van der Waals surface area contributed by atoms with Crippen molar-refractivity contribution in [2.24, 2.45) is 0 Å². The zero-order chi connectivity index (χ0) is 19.1. The maximum atomic E-state index is 11.9. The molecule has 2 heterocycles. The monoisotopic (exact) mass is 381 g/mol. The van der Waals surface area contributed by atoms with Gasteiger partial charge in [-0.2, -0.15) is 0 Å². The van der Waals surface area contributed by atoms with Crippen molar-refractivity contribution in [3.8, 4) is 5.75 Å². The van der Waals surface area contributed by atoms with Crippen molar-refractivity contribution < 1.29 is 27.5 Å². The number of fused-ring (bicyclic) bond motifs is 1. The third-order valence-electron chi connectivity index (χ3n) is 4.47. The molecule has 1 aliphatic heterocycles. The Balaban J connectivity index is 1.67. The highest BCUT2D eigenvalue weighted by atomic mass is 32.2. The normalized spacial score (nSPS) is 21.7. The van der Waals surface area contributed by atoms with Crippen molar-refractivity contribution in [3.63, 3.8) is 0 Å².